The van der Waals surface area contributed by atoms with Crippen molar-refractivity contribution in [3.05, 3.63) is 45.9 Å². The lowest BCUT2D eigenvalue weighted by Crippen LogP contribution is -1.84. The molecule has 0 saturated carbocycles. The predicted octanol–water partition coefficient (Wildman–Crippen LogP) is 3.71. The zero-order valence-electron chi connectivity index (χ0n) is 7.00. The highest BCUT2D eigenvalue weighted by Crippen LogP contribution is 2.19. The average molecular weight is 259 g/mol. The maximum Gasteiger partial charge on any atom is 0.0567 e. The van der Waals surface area contributed by atoms with Gasteiger partial charge in [0.1, 0.15) is 0 Å². The molecule has 0 amide bonds. The summed E-state index contributed by atoms with van der Waals surface area (Å²) in [6.45, 7) is 4.20. The highest BCUT2D eigenvalue weighted by molar-refractivity contribution is 9.10. The van der Waals surface area contributed by atoms with Crippen molar-refractivity contribution in [2.75, 3.05) is 6.54 Å². The summed E-state index contributed by atoms with van der Waals surface area (Å²) < 4.78 is 0.990. The molecule has 68 valence electrons. The van der Waals surface area contributed by atoms with Crippen molar-refractivity contribution in [3.63, 3.8) is 0 Å². The smallest absolute Gasteiger partial charge is 0.0567 e. The highest BCUT2D eigenvalue weighted by atomic mass is 79.9. The predicted molar refractivity (Wildman–Crippen MR) is 61.8 cm³/mol. The summed E-state index contributed by atoms with van der Waals surface area (Å²) in [5.74, 6) is 0. The number of rotatable bonds is 3. The molecule has 0 bridgehead atoms. The van der Waals surface area contributed by atoms with Gasteiger partial charge in [0.25, 0.3) is 0 Å². The molecule has 0 heterocycles. The van der Waals surface area contributed by atoms with Gasteiger partial charge in [0.05, 0.1) is 6.54 Å². The van der Waals surface area contributed by atoms with E-state index in [0.29, 0.717) is 11.6 Å². The minimum absolute atomic E-state index is 0.624. The molecule has 0 aliphatic heterocycles. The van der Waals surface area contributed by atoms with Crippen molar-refractivity contribution in [2.45, 2.75) is 0 Å². The first-order valence-electron chi connectivity index (χ1n) is 3.80. The number of halogens is 2. The lowest BCUT2D eigenvalue weighted by Gasteiger charge is -1.97. The van der Waals surface area contributed by atoms with Gasteiger partial charge in [-0.15, -0.1) is 6.58 Å². The van der Waals surface area contributed by atoms with Crippen LogP contribution in [-0.2, 0) is 0 Å². The normalized spacial score (nSPS) is 10.6. The van der Waals surface area contributed by atoms with E-state index in [-0.39, 0.29) is 0 Å². The highest BCUT2D eigenvalue weighted by Gasteiger charge is 1.96. The van der Waals surface area contributed by atoms with E-state index in [2.05, 4.69) is 27.5 Å². The Morgan fingerprint density at radius 3 is 3.00 bits per heavy atom. The molecule has 0 fully saturated rings. The summed E-state index contributed by atoms with van der Waals surface area (Å²) in [4.78, 5) is 4.13. The molecular weight excluding hydrogens is 249 g/mol. The van der Waals surface area contributed by atoms with Gasteiger partial charge in [0.2, 0.25) is 0 Å². The van der Waals surface area contributed by atoms with Crippen molar-refractivity contribution < 1.29 is 0 Å². The van der Waals surface area contributed by atoms with Crippen LogP contribution in [0.1, 0.15) is 5.56 Å². The van der Waals surface area contributed by atoms with Crippen LogP contribution in [0, 0.1) is 0 Å². The minimum atomic E-state index is 0.624. The molecular formula is C10H9BrClN. The van der Waals surface area contributed by atoms with Crippen LogP contribution in [0.4, 0.5) is 0 Å². The third-order valence-electron chi connectivity index (χ3n) is 1.42. The van der Waals surface area contributed by atoms with Crippen LogP contribution >= 0.6 is 27.5 Å². The van der Waals surface area contributed by atoms with Crippen LogP contribution in [0.25, 0.3) is 0 Å². The van der Waals surface area contributed by atoms with Gasteiger partial charge in [0, 0.05) is 21.3 Å². The molecule has 0 aliphatic rings. The second-order valence-corrected chi connectivity index (χ2v) is 3.74. The van der Waals surface area contributed by atoms with E-state index in [4.69, 9.17) is 11.6 Å². The Balaban J connectivity index is 2.86. The number of nitrogens with zero attached hydrogens (tertiary/aromatic N) is 1. The molecule has 0 radical (unpaired) electrons. The van der Waals surface area contributed by atoms with Crippen molar-refractivity contribution in [3.8, 4) is 0 Å². The van der Waals surface area contributed by atoms with Crippen LogP contribution in [-0.4, -0.2) is 12.8 Å². The lowest BCUT2D eigenvalue weighted by molar-refractivity contribution is 1.26. The van der Waals surface area contributed by atoms with Crippen molar-refractivity contribution >= 4 is 33.7 Å². The fourth-order valence-corrected chi connectivity index (χ4v) is 1.37. The zero-order valence-corrected chi connectivity index (χ0v) is 9.35. The van der Waals surface area contributed by atoms with Gasteiger partial charge in [-0.1, -0.05) is 33.6 Å². The molecule has 0 aliphatic carbocycles. The molecule has 1 nitrogen and oxygen atoms in total. The fraction of sp³-hybridized carbons (Fsp3) is 0.100. The molecule has 0 unspecified atom stereocenters. The molecule has 0 saturated heterocycles. The Hall–Kier alpha value is -0.600. The van der Waals surface area contributed by atoms with E-state index >= 15 is 0 Å². The summed E-state index contributed by atoms with van der Waals surface area (Å²) >= 11 is 9.23. The van der Waals surface area contributed by atoms with E-state index < -0.39 is 0 Å². The molecule has 0 atom stereocenters. The summed E-state index contributed by atoms with van der Waals surface area (Å²) in [6, 6.07) is 5.59. The van der Waals surface area contributed by atoms with Gasteiger partial charge < -0.3 is 0 Å². The average Bonchev–Trinajstić information content (AvgIpc) is 2.11. The van der Waals surface area contributed by atoms with Gasteiger partial charge in [-0.25, -0.2) is 0 Å². The molecule has 1 aromatic carbocycles. The maximum absolute atomic E-state index is 5.83. The molecule has 1 aromatic rings. The van der Waals surface area contributed by atoms with E-state index in [1.165, 1.54) is 0 Å². The fourth-order valence-electron chi connectivity index (χ4n) is 0.839. The van der Waals surface area contributed by atoms with Crippen molar-refractivity contribution in [2.24, 2.45) is 4.99 Å². The molecule has 13 heavy (non-hydrogen) atoms. The SMILES string of the molecule is C=CCN=Cc1cc(Cl)ccc1Br. The van der Waals surface area contributed by atoms with Gasteiger partial charge in [-0.3, -0.25) is 4.99 Å². The summed E-state index contributed by atoms with van der Waals surface area (Å²) in [5, 5.41) is 0.711. The van der Waals surface area contributed by atoms with Crippen molar-refractivity contribution in [1.29, 1.82) is 0 Å². The standard InChI is InChI=1S/C10H9BrClN/c1-2-5-13-7-8-6-9(12)3-4-10(8)11/h2-4,6-7H,1,5H2. The summed E-state index contributed by atoms with van der Waals surface area (Å²) in [7, 11) is 0. The van der Waals surface area contributed by atoms with E-state index in [0.717, 1.165) is 10.0 Å². The number of aliphatic imine (C=N–C) groups is 1. The van der Waals surface area contributed by atoms with Gasteiger partial charge in [0.15, 0.2) is 0 Å². The number of benzene rings is 1. The first-order chi connectivity index (χ1) is 6.24. The first-order valence-corrected chi connectivity index (χ1v) is 4.97. The first kappa shape index (κ1) is 10.5. The third kappa shape index (κ3) is 3.33. The van der Waals surface area contributed by atoms with Gasteiger partial charge >= 0.3 is 0 Å². The Bertz CT molecular complexity index is 334. The monoisotopic (exact) mass is 257 g/mol. The van der Waals surface area contributed by atoms with Gasteiger partial charge in [-0.05, 0) is 18.2 Å². The third-order valence-corrected chi connectivity index (χ3v) is 2.38. The molecule has 1 rings (SSSR count). The van der Waals surface area contributed by atoms with Crippen LogP contribution in [0.3, 0.4) is 0 Å². The minimum Gasteiger partial charge on any atom is -0.288 e. The Morgan fingerprint density at radius 1 is 1.54 bits per heavy atom. The zero-order chi connectivity index (χ0) is 9.68. The Kier molecular flexibility index (Phi) is 4.19. The maximum atomic E-state index is 5.83. The molecule has 0 N–H and O–H groups in total. The second-order valence-electron chi connectivity index (χ2n) is 2.45. The molecule has 0 aromatic heterocycles. The second kappa shape index (κ2) is 5.20. The largest absolute Gasteiger partial charge is 0.288 e. The topological polar surface area (TPSA) is 12.4 Å². The van der Waals surface area contributed by atoms with Crippen LogP contribution in [0.5, 0.6) is 0 Å². The van der Waals surface area contributed by atoms with Crippen LogP contribution in [0.2, 0.25) is 5.02 Å². The molecule has 0 spiro atoms. The lowest BCUT2D eigenvalue weighted by atomic mass is 10.2. The quantitative estimate of drug-likeness (QED) is 0.579. The van der Waals surface area contributed by atoms with E-state index in [9.17, 15) is 0 Å². The van der Waals surface area contributed by atoms with E-state index in [1.54, 1.807) is 12.3 Å². The van der Waals surface area contributed by atoms with Crippen molar-refractivity contribution in [1.82, 2.24) is 0 Å². The summed E-state index contributed by atoms with van der Waals surface area (Å²) in [6.07, 6.45) is 3.52. The van der Waals surface area contributed by atoms with Crippen LogP contribution < -0.4 is 0 Å². The number of hydrogen-bond donors (Lipinski definition) is 0. The van der Waals surface area contributed by atoms with Gasteiger partial charge in [-0.2, -0.15) is 0 Å². The summed E-state index contributed by atoms with van der Waals surface area (Å²) in [5.41, 5.74) is 0.981. The van der Waals surface area contributed by atoms with Crippen LogP contribution in [0.15, 0.2) is 40.3 Å². The molecule has 3 heteroatoms. The van der Waals surface area contributed by atoms with E-state index in [1.807, 2.05) is 18.2 Å². The number of hydrogen-bond acceptors (Lipinski definition) is 1. The Morgan fingerprint density at radius 2 is 2.31 bits per heavy atom. The Labute approximate surface area is 91.3 Å².